The smallest absolute Gasteiger partial charge is 0.250 e. The van der Waals surface area contributed by atoms with Crippen LogP contribution in [0.3, 0.4) is 0 Å². The molecule has 3 nitrogen and oxygen atoms in total. The molecular weight excluding hydrogens is 202 g/mol. The van der Waals surface area contributed by atoms with Crippen molar-refractivity contribution in [3.05, 3.63) is 48.7 Å². The van der Waals surface area contributed by atoms with Gasteiger partial charge in [0.25, 0.3) is 0 Å². The summed E-state index contributed by atoms with van der Waals surface area (Å²) in [5.74, 6) is -0.104. The summed E-state index contributed by atoms with van der Waals surface area (Å²) in [6, 6.07) is 0. The largest absolute Gasteiger partial charge is 0.381 e. The molecule has 0 N–H and O–H groups in total. The fourth-order valence-corrected chi connectivity index (χ4v) is 0.996. The van der Waals surface area contributed by atoms with Crippen molar-refractivity contribution in [3.8, 4) is 0 Å². The maximum Gasteiger partial charge on any atom is 0.250 e. The van der Waals surface area contributed by atoms with Gasteiger partial charge >= 0.3 is 0 Å². The van der Waals surface area contributed by atoms with Crippen LogP contribution in [0.15, 0.2) is 48.7 Å². The van der Waals surface area contributed by atoms with Crippen molar-refractivity contribution in [3.63, 3.8) is 0 Å². The van der Waals surface area contributed by atoms with Gasteiger partial charge < -0.3 is 9.64 Å². The highest BCUT2D eigenvalue weighted by molar-refractivity contribution is 5.89. The van der Waals surface area contributed by atoms with Crippen LogP contribution in [0.5, 0.6) is 0 Å². The van der Waals surface area contributed by atoms with Gasteiger partial charge in [0.05, 0.1) is 6.61 Å². The highest BCUT2D eigenvalue weighted by Crippen LogP contribution is 2.04. The molecule has 16 heavy (non-hydrogen) atoms. The van der Waals surface area contributed by atoms with Crippen LogP contribution in [0.2, 0.25) is 0 Å². The zero-order valence-electron chi connectivity index (χ0n) is 10.1. The highest BCUT2D eigenvalue weighted by Gasteiger charge is 2.06. The Morgan fingerprint density at radius 2 is 2.19 bits per heavy atom. The summed E-state index contributed by atoms with van der Waals surface area (Å²) in [5, 5.41) is 0. The van der Waals surface area contributed by atoms with Crippen LogP contribution in [-0.4, -0.2) is 31.6 Å². The molecule has 3 heteroatoms. The van der Waals surface area contributed by atoms with Gasteiger partial charge in [0.2, 0.25) is 5.91 Å². The quantitative estimate of drug-likeness (QED) is 0.509. The second-order valence-corrected chi connectivity index (χ2v) is 3.08. The summed E-state index contributed by atoms with van der Waals surface area (Å²) in [7, 11) is 3.29. The van der Waals surface area contributed by atoms with E-state index < -0.39 is 0 Å². The summed E-state index contributed by atoms with van der Waals surface area (Å²) in [5.41, 5.74) is 0.755. The molecule has 0 atom stereocenters. The lowest BCUT2D eigenvalue weighted by atomic mass is 10.3. The van der Waals surface area contributed by atoms with E-state index >= 15 is 0 Å². The molecule has 0 saturated heterocycles. The number of hydrogen-bond acceptors (Lipinski definition) is 2. The molecular formula is C13H19NO2. The summed E-state index contributed by atoms with van der Waals surface area (Å²) < 4.78 is 4.82. The third-order valence-corrected chi connectivity index (χ3v) is 1.91. The molecule has 0 fully saturated rings. The molecule has 0 aliphatic carbocycles. The Bertz CT molecular complexity index is 314. The van der Waals surface area contributed by atoms with Crippen LogP contribution in [0, 0.1) is 0 Å². The Hall–Kier alpha value is -1.61. The molecule has 0 spiro atoms. The lowest BCUT2D eigenvalue weighted by Crippen LogP contribution is -2.23. The van der Waals surface area contributed by atoms with Gasteiger partial charge in [0, 0.05) is 25.9 Å². The number of methoxy groups -OCH3 is 1. The summed E-state index contributed by atoms with van der Waals surface area (Å²) in [6.07, 6.45) is 10.4. The van der Waals surface area contributed by atoms with Crippen molar-refractivity contribution in [1.82, 2.24) is 4.90 Å². The minimum Gasteiger partial charge on any atom is -0.381 e. The number of hydrogen-bond donors (Lipinski definition) is 0. The molecule has 0 aliphatic heterocycles. The van der Waals surface area contributed by atoms with E-state index in [1.807, 2.05) is 25.2 Å². The Morgan fingerprint density at radius 1 is 1.50 bits per heavy atom. The number of allylic oxidation sites excluding steroid dienone is 4. The molecule has 0 bridgehead atoms. The minimum atomic E-state index is -0.104. The van der Waals surface area contributed by atoms with Gasteiger partial charge in [0.1, 0.15) is 0 Å². The highest BCUT2D eigenvalue weighted by atomic mass is 16.5. The molecule has 1 amide bonds. The first-order valence-electron chi connectivity index (χ1n) is 5.06. The van der Waals surface area contributed by atoms with Gasteiger partial charge in [-0.1, -0.05) is 24.8 Å². The summed E-state index contributed by atoms with van der Waals surface area (Å²) in [4.78, 5) is 13.2. The van der Waals surface area contributed by atoms with Crippen molar-refractivity contribution >= 4 is 5.91 Å². The van der Waals surface area contributed by atoms with Crippen molar-refractivity contribution in [2.75, 3.05) is 20.8 Å². The third-order valence-electron chi connectivity index (χ3n) is 1.91. The fourth-order valence-electron chi connectivity index (χ4n) is 0.996. The first-order chi connectivity index (χ1) is 7.67. The number of ether oxygens (including phenoxy) is 1. The van der Waals surface area contributed by atoms with Gasteiger partial charge in [-0.05, 0) is 19.1 Å². The molecule has 0 aromatic rings. The number of nitrogens with zero attached hydrogens (tertiary/aromatic N) is 1. The Morgan fingerprint density at radius 3 is 2.69 bits per heavy atom. The monoisotopic (exact) mass is 221 g/mol. The topological polar surface area (TPSA) is 29.5 Å². The molecule has 0 aliphatic rings. The fraction of sp³-hybridized carbons (Fsp3) is 0.308. The zero-order valence-corrected chi connectivity index (χ0v) is 10.1. The second-order valence-electron chi connectivity index (χ2n) is 3.08. The lowest BCUT2D eigenvalue weighted by molar-refractivity contribution is -0.123. The van der Waals surface area contributed by atoms with E-state index in [0.717, 1.165) is 5.70 Å². The molecule has 88 valence electrons. The molecule has 0 radical (unpaired) electrons. The SMILES string of the molecule is C=C/C(=C\C=C/C)N(C)C(=O)/C=C\COC. The van der Waals surface area contributed by atoms with E-state index in [1.165, 1.54) is 11.0 Å². The van der Waals surface area contributed by atoms with E-state index in [2.05, 4.69) is 6.58 Å². The maximum atomic E-state index is 11.7. The number of rotatable bonds is 6. The van der Waals surface area contributed by atoms with Crippen LogP contribution in [0.25, 0.3) is 0 Å². The van der Waals surface area contributed by atoms with Crippen molar-refractivity contribution in [2.24, 2.45) is 0 Å². The second kappa shape index (κ2) is 8.68. The van der Waals surface area contributed by atoms with Crippen molar-refractivity contribution in [1.29, 1.82) is 0 Å². The van der Waals surface area contributed by atoms with E-state index in [9.17, 15) is 4.79 Å². The number of carbonyl (C=O) groups excluding carboxylic acids is 1. The van der Waals surface area contributed by atoms with Crippen molar-refractivity contribution in [2.45, 2.75) is 6.92 Å². The maximum absolute atomic E-state index is 11.7. The first-order valence-corrected chi connectivity index (χ1v) is 5.06. The van der Waals surface area contributed by atoms with Crippen LogP contribution < -0.4 is 0 Å². The molecule has 0 aromatic carbocycles. The van der Waals surface area contributed by atoms with Crippen molar-refractivity contribution < 1.29 is 9.53 Å². The molecule has 0 heterocycles. The standard InChI is InChI=1S/C13H19NO2/c1-5-7-9-12(6-2)14(3)13(15)10-8-11-16-4/h5-10H,2,11H2,1,3-4H3/b7-5-,10-8-,12-9+. The van der Waals surface area contributed by atoms with E-state index in [4.69, 9.17) is 4.74 Å². The van der Waals surface area contributed by atoms with Crippen LogP contribution in [-0.2, 0) is 9.53 Å². The molecule has 0 rings (SSSR count). The van der Waals surface area contributed by atoms with E-state index in [0.29, 0.717) is 6.61 Å². The number of carbonyl (C=O) groups is 1. The Balaban J connectivity index is 4.56. The van der Waals surface area contributed by atoms with Gasteiger partial charge in [0.15, 0.2) is 0 Å². The zero-order chi connectivity index (χ0) is 12.4. The van der Waals surface area contributed by atoms with E-state index in [-0.39, 0.29) is 5.91 Å². The summed E-state index contributed by atoms with van der Waals surface area (Å²) in [6.45, 7) is 6.02. The van der Waals surface area contributed by atoms with Crippen LogP contribution >= 0.6 is 0 Å². The number of likely N-dealkylation sites (N-methyl/N-ethyl adjacent to an activating group) is 1. The van der Waals surface area contributed by atoms with Gasteiger partial charge in [-0.3, -0.25) is 4.79 Å². The number of amides is 1. The van der Waals surface area contributed by atoms with E-state index in [1.54, 1.807) is 26.3 Å². The Kier molecular flexibility index (Phi) is 7.81. The van der Waals surface area contributed by atoms with Gasteiger partial charge in [-0.25, -0.2) is 0 Å². The predicted octanol–water partition coefficient (Wildman–Crippen LogP) is 2.29. The molecule has 0 saturated carbocycles. The minimum absolute atomic E-state index is 0.104. The molecule has 0 aromatic heterocycles. The van der Waals surface area contributed by atoms with Gasteiger partial charge in [-0.15, -0.1) is 0 Å². The first kappa shape index (κ1) is 14.4. The molecule has 0 unspecified atom stereocenters. The average molecular weight is 221 g/mol. The van der Waals surface area contributed by atoms with Crippen LogP contribution in [0.1, 0.15) is 6.92 Å². The predicted molar refractivity (Wildman–Crippen MR) is 66.9 cm³/mol. The average Bonchev–Trinajstić information content (AvgIpc) is 2.30. The normalized spacial score (nSPS) is 12.3. The third kappa shape index (κ3) is 5.32. The lowest BCUT2D eigenvalue weighted by Gasteiger charge is -2.15. The van der Waals surface area contributed by atoms with Gasteiger partial charge in [-0.2, -0.15) is 0 Å². The van der Waals surface area contributed by atoms with Crippen LogP contribution in [0.4, 0.5) is 0 Å². The Labute approximate surface area is 97.4 Å². The summed E-state index contributed by atoms with van der Waals surface area (Å²) >= 11 is 0.